The van der Waals surface area contributed by atoms with Crippen LogP contribution in [0.3, 0.4) is 0 Å². The molecule has 0 amide bonds. The molecular weight excluding hydrogens is 436 g/mol. The Hall–Kier alpha value is -4.38. The number of carboxylic acids is 1. The van der Waals surface area contributed by atoms with Crippen molar-refractivity contribution in [3.63, 3.8) is 0 Å². The lowest BCUT2D eigenvalue weighted by Crippen LogP contribution is -2.04. The Morgan fingerprint density at radius 1 is 0.914 bits per heavy atom. The number of aromatic nitrogens is 2. The lowest BCUT2D eigenvalue weighted by molar-refractivity contribution is -0.136. The first-order valence-electron chi connectivity index (χ1n) is 11.7. The van der Waals surface area contributed by atoms with Crippen molar-refractivity contribution in [3.05, 3.63) is 108 Å². The molecule has 0 spiro atoms. The van der Waals surface area contributed by atoms with E-state index in [1.165, 1.54) is 5.56 Å². The molecule has 0 aliphatic heterocycles. The molecule has 0 saturated heterocycles. The maximum absolute atomic E-state index is 11.3. The second-order valence-electron chi connectivity index (χ2n) is 8.54. The molecular formula is C30H26N2O3. The number of pyridine rings is 1. The first-order chi connectivity index (χ1) is 17.1. The van der Waals surface area contributed by atoms with Gasteiger partial charge in [0.25, 0.3) is 0 Å². The first-order valence-corrected chi connectivity index (χ1v) is 11.7. The second-order valence-corrected chi connectivity index (χ2v) is 8.54. The quantitative estimate of drug-likeness (QED) is 0.270. The van der Waals surface area contributed by atoms with Gasteiger partial charge in [0.1, 0.15) is 12.4 Å². The zero-order chi connectivity index (χ0) is 24.2. The number of fused-ring (bicyclic) bond motifs is 1. The molecule has 3 aromatic carbocycles. The van der Waals surface area contributed by atoms with Crippen molar-refractivity contribution in [1.82, 2.24) is 9.97 Å². The van der Waals surface area contributed by atoms with E-state index in [1.807, 2.05) is 30.3 Å². The van der Waals surface area contributed by atoms with E-state index in [4.69, 9.17) is 4.74 Å². The molecule has 0 saturated carbocycles. The minimum absolute atomic E-state index is 0.0732. The Labute approximate surface area is 204 Å². The number of aromatic amines is 1. The number of hydrogen-bond acceptors (Lipinski definition) is 3. The van der Waals surface area contributed by atoms with Gasteiger partial charge in [-0.1, -0.05) is 49.4 Å². The maximum Gasteiger partial charge on any atom is 0.307 e. The van der Waals surface area contributed by atoms with Crippen LogP contribution in [0, 0.1) is 0 Å². The summed E-state index contributed by atoms with van der Waals surface area (Å²) < 4.78 is 6.11. The number of rotatable bonds is 8. The molecule has 2 N–H and O–H groups in total. The van der Waals surface area contributed by atoms with Gasteiger partial charge in [-0.2, -0.15) is 0 Å². The Morgan fingerprint density at radius 2 is 1.74 bits per heavy atom. The van der Waals surface area contributed by atoms with Gasteiger partial charge in [-0.25, -0.2) is 0 Å². The highest BCUT2D eigenvalue weighted by atomic mass is 16.5. The third-order valence-electron chi connectivity index (χ3n) is 6.14. The highest BCUT2D eigenvalue weighted by Gasteiger charge is 2.13. The third kappa shape index (κ3) is 4.94. The van der Waals surface area contributed by atoms with Crippen molar-refractivity contribution in [2.24, 2.45) is 0 Å². The van der Waals surface area contributed by atoms with Crippen molar-refractivity contribution >= 4 is 16.9 Å². The average molecular weight is 463 g/mol. The predicted molar refractivity (Wildman–Crippen MR) is 138 cm³/mol. The van der Waals surface area contributed by atoms with Crippen LogP contribution in [0.25, 0.3) is 33.3 Å². The second kappa shape index (κ2) is 9.85. The fraction of sp³-hybridized carbons (Fsp3) is 0.133. The van der Waals surface area contributed by atoms with E-state index < -0.39 is 5.97 Å². The summed E-state index contributed by atoms with van der Waals surface area (Å²) in [6.45, 7) is 2.49. The van der Waals surface area contributed by atoms with Gasteiger partial charge in [0, 0.05) is 40.1 Å². The number of H-pyrrole nitrogens is 1. The Kier molecular flexibility index (Phi) is 6.31. The third-order valence-corrected chi connectivity index (χ3v) is 6.14. The molecule has 0 atom stereocenters. The summed E-state index contributed by atoms with van der Waals surface area (Å²) in [5, 5.41) is 10.4. The van der Waals surface area contributed by atoms with E-state index in [9.17, 15) is 9.90 Å². The van der Waals surface area contributed by atoms with E-state index in [-0.39, 0.29) is 6.42 Å². The summed E-state index contributed by atoms with van der Waals surface area (Å²) in [4.78, 5) is 19.0. The zero-order valence-electron chi connectivity index (χ0n) is 19.5. The number of para-hydroxylation sites is 1. The largest absolute Gasteiger partial charge is 0.489 e. The van der Waals surface area contributed by atoms with Crippen LogP contribution >= 0.6 is 0 Å². The van der Waals surface area contributed by atoms with Gasteiger partial charge in [-0.3, -0.25) is 9.78 Å². The Balaban J connectivity index is 1.56. The Morgan fingerprint density at radius 3 is 2.54 bits per heavy atom. The zero-order valence-corrected chi connectivity index (χ0v) is 19.5. The molecule has 2 aromatic heterocycles. The van der Waals surface area contributed by atoms with Gasteiger partial charge in [0.05, 0.1) is 6.42 Å². The van der Waals surface area contributed by atoms with E-state index in [0.29, 0.717) is 17.9 Å². The minimum atomic E-state index is -0.879. The monoisotopic (exact) mass is 462 g/mol. The molecule has 174 valence electrons. The van der Waals surface area contributed by atoms with E-state index in [1.54, 1.807) is 18.5 Å². The molecule has 0 fully saturated rings. The van der Waals surface area contributed by atoms with Crippen molar-refractivity contribution in [2.45, 2.75) is 26.4 Å². The van der Waals surface area contributed by atoms with Crippen molar-refractivity contribution in [3.8, 4) is 28.1 Å². The number of hydrogen-bond donors (Lipinski definition) is 2. The molecule has 0 aliphatic rings. The van der Waals surface area contributed by atoms with Crippen LogP contribution < -0.4 is 4.74 Å². The van der Waals surface area contributed by atoms with Gasteiger partial charge >= 0.3 is 5.97 Å². The number of carbonyl (C=O) groups is 1. The van der Waals surface area contributed by atoms with Gasteiger partial charge in [0.15, 0.2) is 0 Å². The number of carboxylic acid groups (broad SMARTS) is 1. The van der Waals surface area contributed by atoms with Crippen LogP contribution in [0.4, 0.5) is 0 Å². The molecule has 0 unspecified atom stereocenters. The first kappa shape index (κ1) is 22.4. The summed E-state index contributed by atoms with van der Waals surface area (Å²) in [6.07, 6.45) is 4.48. The predicted octanol–water partition coefficient (Wildman–Crippen LogP) is 6.67. The van der Waals surface area contributed by atoms with Crippen LogP contribution in [0.5, 0.6) is 5.75 Å². The number of ether oxygens (including phenoxy) is 1. The van der Waals surface area contributed by atoms with Gasteiger partial charge in [-0.15, -0.1) is 0 Å². The van der Waals surface area contributed by atoms with Gasteiger partial charge in [0.2, 0.25) is 0 Å². The van der Waals surface area contributed by atoms with E-state index in [0.717, 1.165) is 45.3 Å². The van der Waals surface area contributed by atoms with Crippen LogP contribution in [0.2, 0.25) is 0 Å². The fourth-order valence-electron chi connectivity index (χ4n) is 4.38. The topological polar surface area (TPSA) is 75.2 Å². The van der Waals surface area contributed by atoms with E-state index in [2.05, 4.69) is 59.4 Å². The highest BCUT2D eigenvalue weighted by Crippen LogP contribution is 2.34. The van der Waals surface area contributed by atoms with Crippen molar-refractivity contribution < 1.29 is 14.6 Å². The Bertz CT molecular complexity index is 1490. The lowest BCUT2D eigenvalue weighted by Gasteiger charge is -2.13. The lowest BCUT2D eigenvalue weighted by atomic mass is 9.97. The standard InChI is InChI=1S/C30H26N2O3/c1-2-20-6-5-8-23(14-20)25-15-21(19-35-29-9-4-3-7-24(29)17-30(33)34)16-28-26(25)18-27(32-28)22-10-12-31-13-11-22/h3-16,18,32H,2,17,19H2,1H3,(H,33,34). The van der Waals surface area contributed by atoms with Gasteiger partial charge in [-0.05, 0) is 65.1 Å². The molecule has 35 heavy (non-hydrogen) atoms. The molecule has 5 rings (SSSR count). The SMILES string of the molecule is CCc1cccc(-c2cc(COc3ccccc3CC(=O)O)cc3[nH]c(-c4ccncc4)cc23)c1. The van der Waals surface area contributed by atoms with E-state index >= 15 is 0 Å². The number of nitrogens with zero attached hydrogens (tertiary/aromatic N) is 1. The minimum Gasteiger partial charge on any atom is -0.489 e. The van der Waals surface area contributed by atoms with Crippen LogP contribution in [0.15, 0.2) is 91.3 Å². The summed E-state index contributed by atoms with van der Waals surface area (Å²) >= 11 is 0. The number of nitrogens with one attached hydrogen (secondary N) is 1. The summed E-state index contributed by atoms with van der Waals surface area (Å²) in [6, 6.07) is 26.4. The molecule has 0 aliphatic carbocycles. The van der Waals surface area contributed by atoms with Crippen LogP contribution in [0.1, 0.15) is 23.6 Å². The number of aliphatic carboxylic acids is 1. The highest BCUT2D eigenvalue weighted by molar-refractivity contribution is 5.98. The summed E-state index contributed by atoms with van der Waals surface area (Å²) in [5.41, 5.74) is 8.36. The van der Waals surface area contributed by atoms with Crippen molar-refractivity contribution in [2.75, 3.05) is 0 Å². The number of aryl methyl sites for hydroxylation is 1. The molecule has 5 aromatic rings. The van der Waals surface area contributed by atoms with Crippen LogP contribution in [-0.2, 0) is 24.2 Å². The fourth-order valence-corrected chi connectivity index (χ4v) is 4.38. The molecule has 5 heteroatoms. The molecule has 0 radical (unpaired) electrons. The normalized spacial score (nSPS) is 11.0. The van der Waals surface area contributed by atoms with Crippen LogP contribution in [-0.4, -0.2) is 21.0 Å². The molecule has 5 nitrogen and oxygen atoms in total. The van der Waals surface area contributed by atoms with Gasteiger partial charge < -0.3 is 14.8 Å². The smallest absolute Gasteiger partial charge is 0.307 e. The maximum atomic E-state index is 11.3. The van der Waals surface area contributed by atoms with Crippen molar-refractivity contribution in [1.29, 1.82) is 0 Å². The molecule has 0 bridgehead atoms. The average Bonchev–Trinajstić information content (AvgIpc) is 3.32. The number of benzene rings is 3. The molecule has 2 heterocycles. The summed E-state index contributed by atoms with van der Waals surface area (Å²) in [5.74, 6) is -0.288. The summed E-state index contributed by atoms with van der Waals surface area (Å²) in [7, 11) is 0.